The van der Waals surface area contributed by atoms with Crippen molar-refractivity contribution in [2.75, 3.05) is 6.54 Å². The summed E-state index contributed by atoms with van der Waals surface area (Å²) >= 11 is 0. The smallest absolute Gasteiger partial charge is 0.272 e. The molecule has 4 atom stereocenters. The number of nitrogens with zero attached hydrogens (tertiary/aromatic N) is 3. The summed E-state index contributed by atoms with van der Waals surface area (Å²) in [7, 11) is 1.83. The Morgan fingerprint density at radius 2 is 2.00 bits per heavy atom. The Morgan fingerprint density at radius 3 is 2.62 bits per heavy atom. The Bertz CT molecular complexity index is 681. The summed E-state index contributed by atoms with van der Waals surface area (Å²) in [6.07, 6.45) is 7.15. The molecule has 1 aromatic heterocycles. The predicted octanol–water partition coefficient (Wildman–Crippen LogP) is 2.60. The Labute approximate surface area is 156 Å². The predicted molar refractivity (Wildman–Crippen MR) is 101 cm³/mol. The molecule has 1 aliphatic heterocycles. The second kappa shape index (κ2) is 7.05. The summed E-state index contributed by atoms with van der Waals surface area (Å²) in [5.74, 6) is 0.819. The lowest BCUT2D eigenvalue weighted by Gasteiger charge is -2.38. The molecule has 0 bridgehead atoms. The van der Waals surface area contributed by atoms with E-state index in [2.05, 4.69) is 31.1 Å². The van der Waals surface area contributed by atoms with Crippen LogP contribution >= 0.6 is 0 Å². The van der Waals surface area contributed by atoms with Gasteiger partial charge in [-0.1, -0.05) is 20.8 Å². The van der Waals surface area contributed by atoms with Crippen molar-refractivity contribution in [2.24, 2.45) is 24.3 Å². The molecular formula is C20H32N4O2. The van der Waals surface area contributed by atoms with Crippen LogP contribution in [0.1, 0.15) is 63.9 Å². The molecule has 2 heterocycles. The van der Waals surface area contributed by atoms with Gasteiger partial charge in [0.1, 0.15) is 5.69 Å². The number of rotatable bonds is 3. The molecule has 0 unspecified atom stereocenters. The van der Waals surface area contributed by atoms with Crippen LogP contribution in [0.25, 0.3) is 0 Å². The monoisotopic (exact) mass is 360 g/mol. The van der Waals surface area contributed by atoms with E-state index in [1.165, 1.54) is 6.42 Å². The second-order valence-electron chi connectivity index (χ2n) is 9.14. The minimum Gasteiger partial charge on any atom is -0.351 e. The summed E-state index contributed by atoms with van der Waals surface area (Å²) in [5.41, 5.74) is 0.814. The molecule has 0 spiro atoms. The maximum absolute atomic E-state index is 12.9. The van der Waals surface area contributed by atoms with Crippen LogP contribution in [0, 0.1) is 17.3 Å². The van der Waals surface area contributed by atoms with Gasteiger partial charge in [-0.15, -0.1) is 0 Å². The molecule has 1 saturated heterocycles. The largest absolute Gasteiger partial charge is 0.351 e. The van der Waals surface area contributed by atoms with Crippen molar-refractivity contribution in [3.8, 4) is 0 Å². The second-order valence-corrected chi connectivity index (χ2v) is 9.14. The Balaban J connectivity index is 1.62. The highest BCUT2D eigenvalue weighted by Crippen LogP contribution is 2.41. The molecule has 3 rings (SSSR count). The van der Waals surface area contributed by atoms with Gasteiger partial charge in [0.25, 0.3) is 5.91 Å². The van der Waals surface area contributed by atoms with E-state index in [9.17, 15) is 9.59 Å². The molecule has 1 saturated carbocycles. The molecule has 6 nitrogen and oxygen atoms in total. The number of imidazole rings is 1. The molecule has 0 aromatic carbocycles. The average molecular weight is 361 g/mol. The zero-order valence-electron chi connectivity index (χ0n) is 16.7. The third-order valence-electron chi connectivity index (χ3n) is 6.14. The van der Waals surface area contributed by atoms with Gasteiger partial charge in [0.2, 0.25) is 5.91 Å². The van der Waals surface area contributed by atoms with Crippen LogP contribution in [0.3, 0.4) is 0 Å². The van der Waals surface area contributed by atoms with Gasteiger partial charge < -0.3 is 14.8 Å². The lowest BCUT2D eigenvalue weighted by molar-refractivity contribution is -0.128. The van der Waals surface area contributed by atoms with Crippen LogP contribution in [0.2, 0.25) is 0 Å². The molecule has 26 heavy (non-hydrogen) atoms. The molecule has 2 fully saturated rings. The van der Waals surface area contributed by atoms with E-state index < -0.39 is 0 Å². The summed E-state index contributed by atoms with van der Waals surface area (Å²) in [6, 6.07) is 0.0235. The average Bonchev–Trinajstić information content (AvgIpc) is 3.11. The van der Waals surface area contributed by atoms with Crippen LogP contribution in [0.5, 0.6) is 0 Å². The van der Waals surface area contributed by atoms with E-state index in [1.807, 2.05) is 18.9 Å². The first-order valence-electron chi connectivity index (χ1n) is 9.75. The third-order valence-corrected chi connectivity index (χ3v) is 6.14. The zero-order valence-corrected chi connectivity index (χ0v) is 16.7. The fraction of sp³-hybridized carbons (Fsp3) is 0.750. The normalized spacial score (nSPS) is 31.0. The molecule has 1 aliphatic carbocycles. The Morgan fingerprint density at radius 1 is 1.27 bits per heavy atom. The van der Waals surface area contributed by atoms with Gasteiger partial charge in [0.15, 0.2) is 0 Å². The minimum absolute atomic E-state index is 0.00428. The van der Waals surface area contributed by atoms with E-state index in [4.69, 9.17) is 0 Å². The van der Waals surface area contributed by atoms with Gasteiger partial charge >= 0.3 is 0 Å². The highest BCUT2D eigenvalue weighted by Gasteiger charge is 2.39. The third kappa shape index (κ3) is 3.79. The summed E-state index contributed by atoms with van der Waals surface area (Å²) < 4.78 is 1.74. The highest BCUT2D eigenvalue weighted by molar-refractivity contribution is 5.93. The minimum atomic E-state index is -0.0123. The molecule has 6 heteroatoms. The van der Waals surface area contributed by atoms with Crippen LogP contribution < -0.4 is 5.32 Å². The van der Waals surface area contributed by atoms with Gasteiger partial charge in [0.05, 0.1) is 18.6 Å². The van der Waals surface area contributed by atoms with Crippen molar-refractivity contribution in [3.05, 3.63) is 18.2 Å². The Kier molecular flexibility index (Phi) is 5.13. The SMILES string of the molecule is C[C@H]1C[C@@H](C(=O)N[C@@H]2CCN(C(=O)c3cncn3C)[C@@H]2C)CC(C)(C)C1. The van der Waals surface area contributed by atoms with Crippen molar-refractivity contribution >= 4 is 11.8 Å². The van der Waals surface area contributed by atoms with Crippen LogP contribution in [-0.2, 0) is 11.8 Å². The first-order valence-corrected chi connectivity index (χ1v) is 9.75. The van der Waals surface area contributed by atoms with Crippen molar-refractivity contribution in [1.29, 1.82) is 0 Å². The molecular weight excluding hydrogens is 328 g/mol. The van der Waals surface area contributed by atoms with Gasteiger partial charge in [-0.25, -0.2) is 4.98 Å². The molecule has 0 radical (unpaired) electrons. The molecule has 1 N–H and O–H groups in total. The summed E-state index contributed by atoms with van der Waals surface area (Å²) in [5, 5.41) is 3.25. The maximum Gasteiger partial charge on any atom is 0.272 e. The number of aryl methyl sites for hydroxylation is 1. The van der Waals surface area contributed by atoms with E-state index in [-0.39, 0.29) is 35.2 Å². The quantitative estimate of drug-likeness (QED) is 0.901. The number of hydrogen-bond acceptors (Lipinski definition) is 3. The number of carbonyl (C=O) groups excluding carboxylic acids is 2. The van der Waals surface area contributed by atoms with Gasteiger partial charge in [0, 0.05) is 25.6 Å². The highest BCUT2D eigenvalue weighted by atomic mass is 16.2. The first-order chi connectivity index (χ1) is 12.2. The standard InChI is InChI=1S/C20H32N4O2/c1-13-8-15(10-20(3,4)9-13)18(25)22-16-6-7-24(14(16)2)19(26)17-11-21-12-23(17)5/h11-16H,6-10H2,1-5H3,(H,22,25)/t13-,14+,15+,16+/m0/s1. The van der Waals surface area contributed by atoms with Crippen molar-refractivity contribution in [3.63, 3.8) is 0 Å². The molecule has 2 amide bonds. The zero-order chi connectivity index (χ0) is 19.1. The van der Waals surface area contributed by atoms with Gasteiger partial charge in [-0.3, -0.25) is 9.59 Å². The number of aromatic nitrogens is 2. The molecule has 144 valence electrons. The van der Waals surface area contributed by atoms with Crippen LogP contribution in [0.15, 0.2) is 12.5 Å². The van der Waals surface area contributed by atoms with E-state index in [1.54, 1.807) is 17.1 Å². The van der Waals surface area contributed by atoms with Crippen molar-refractivity contribution in [2.45, 2.75) is 65.5 Å². The van der Waals surface area contributed by atoms with E-state index in [0.717, 1.165) is 19.3 Å². The lowest BCUT2D eigenvalue weighted by atomic mass is 9.68. The lowest BCUT2D eigenvalue weighted by Crippen LogP contribution is -2.48. The van der Waals surface area contributed by atoms with E-state index in [0.29, 0.717) is 18.2 Å². The number of nitrogens with one attached hydrogen (secondary N) is 1. The van der Waals surface area contributed by atoms with Crippen molar-refractivity contribution in [1.82, 2.24) is 19.8 Å². The fourth-order valence-electron chi connectivity index (χ4n) is 4.98. The van der Waals surface area contributed by atoms with E-state index >= 15 is 0 Å². The summed E-state index contributed by atoms with van der Waals surface area (Å²) in [6.45, 7) is 9.46. The van der Waals surface area contributed by atoms with Gasteiger partial charge in [-0.05, 0) is 43.9 Å². The molecule has 1 aromatic rings. The number of hydrogen-bond donors (Lipinski definition) is 1. The summed E-state index contributed by atoms with van der Waals surface area (Å²) in [4.78, 5) is 31.5. The number of amides is 2. The Hall–Kier alpha value is -1.85. The number of likely N-dealkylation sites (tertiary alicyclic amines) is 1. The fourth-order valence-corrected chi connectivity index (χ4v) is 4.98. The molecule has 2 aliphatic rings. The topological polar surface area (TPSA) is 67.2 Å². The van der Waals surface area contributed by atoms with Gasteiger partial charge in [-0.2, -0.15) is 0 Å². The first kappa shape index (κ1) is 18.9. The number of carbonyl (C=O) groups is 2. The maximum atomic E-state index is 12.9. The van der Waals surface area contributed by atoms with Crippen LogP contribution in [0.4, 0.5) is 0 Å². The van der Waals surface area contributed by atoms with Crippen molar-refractivity contribution < 1.29 is 9.59 Å². The van der Waals surface area contributed by atoms with Crippen LogP contribution in [-0.4, -0.2) is 44.9 Å².